The van der Waals surface area contributed by atoms with Gasteiger partial charge >= 0.3 is 6.18 Å². The van der Waals surface area contributed by atoms with Gasteiger partial charge in [-0.3, -0.25) is 14.4 Å². The molecule has 0 spiro atoms. The summed E-state index contributed by atoms with van der Waals surface area (Å²) in [6.45, 7) is 1.20. The van der Waals surface area contributed by atoms with E-state index in [1.807, 2.05) is 0 Å². The number of hydrogen-bond donors (Lipinski definition) is 3. The van der Waals surface area contributed by atoms with Gasteiger partial charge in [-0.1, -0.05) is 11.6 Å². The van der Waals surface area contributed by atoms with E-state index in [9.17, 15) is 36.3 Å². The molecule has 3 amide bonds. The minimum Gasteiger partial charge on any atom is -0.341 e. The lowest BCUT2D eigenvalue weighted by molar-refractivity contribution is -0.137. The van der Waals surface area contributed by atoms with Crippen molar-refractivity contribution in [3.8, 4) is 0 Å². The Morgan fingerprint density at radius 3 is 2.36 bits per heavy atom. The normalized spacial score (nSPS) is 14.8. The molecule has 4 rings (SSSR count). The molecular formula is C24H15ClF5N3O3. The largest absolute Gasteiger partial charge is 0.416 e. The molecule has 0 aliphatic carbocycles. The zero-order valence-electron chi connectivity index (χ0n) is 18.2. The fourth-order valence-corrected chi connectivity index (χ4v) is 4.09. The van der Waals surface area contributed by atoms with Crippen LogP contribution >= 0.6 is 11.6 Å². The Morgan fingerprint density at radius 1 is 0.972 bits per heavy atom. The van der Waals surface area contributed by atoms with Gasteiger partial charge in [-0.15, -0.1) is 0 Å². The standard InChI is InChI=1S/C24H15ClF5N3O3/c1-10(34)31-15-8-17-20(21(33-23(17)36)16-7-13(26)2-3-18(16)25)19(9-15)32-22(35)11-4-12(24(28,29)30)6-14(27)5-11/h2-9,21H,1H3,(H,31,34)(H,32,35)(H,33,36)/t21-/m0/s1. The van der Waals surface area contributed by atoms with Crippen LogP contribution in [0.3, 0.4) is 0 Å². The summed E-state index contributed by atoms with van der Waals surface area (Å²) >= 11 is 6.21. The minimum atomic E-state index is -4.90. The smallest absolute Gasteiger partial charge is 0.341 e. The summed E-state index contributed by atoms with van der Waals surface area (Å²) in [5.74, 6) is -4.20. The fourth-order valence-electron chi connectivity index (χ4n) is 3.86. The van der Waals surface area contributed by atoms with Crippen LogP contribution in [0.25, 0.3) is 0 Å². The van der Waals surface area contributed by atoms with Crippen molar-refractivity contribution in [2.75, 3.05) is 10.6 Å². The lowest BCUT2D eigenvalue weighted by Gasteiger charge is -2.19. The van der Waals surface area contributed by atoms with Crippen LogP contribution in [0.5, 0.6) is 0 Å². The number of carbonyl (C=O) groups excluding carboxylic acids is 3. The highest BCUT2D eigenvalue weighted by Gasteiger charge is 2.36. The molecule has 1 aliphatic heterocycles. The van der Waals surface area contributed by atoms with Crippen LogP contribution < -0.4 is 16.0 Å². The van der Waals surface area contributed by atoms with Gasteiger partial charge in [0.05, 0.1) is 11.6 Å². The maximum Gasteiger partial charge on any atom is 0.416 e. The molecule has 0 fully saturated rings. The van der Waals surface area contributed by atoms with Crippen molar-refractivity contribution in [2.45, 2.75) is 19.1 Å². The number of amides is 3. The van der Waals surface area contributed by atoms with Crippen LogP contribution in [-0.4, -0.2) is 17.7 Å². The van der Waals surface area contributed by atoms with E-state index in [1.165, 1.54) is 25.1 Å². The second-order valence-electron chi connectivity index (χ2n) is 7.92. The van der Waals surface area contributed by atoms with Gasteiger partial charge in [0.25, 0.3) is 11.8 Å². The van der Waals surface area contributed by atoms with Crippen molar-refractivity contribution >= 4 is 40.7 Å². The Kier molecular flexibility index (Phi) is 6.44. The van der Waals surface area contributed by atoms with Gasteiger partial charge in [-0.25, -0.2) is 8.78 Å². The molecule has 3 aromatic carbocycles. The van der Waals surface area contributed by atoms with Gasteiger partial charge in [0, 0.05) is 45.6 Å². The predicted octanol–water partition coefficient (Wildman–Crippen LogP) is 5.68. The molecule has 12 heteroatoms. The Balaban J connectivity index is 1.84. The fraction of sp³-hybridized carbons (Fsp3) is 0.125. The van der Waals surface area contributed by atoms with E-state index in [0.29, 0.717) is 12.1 Å². The number of benzene rings is 3. The predicted molar refractivity (Wildman–Crippen MR) is 121 cm³/mol. The number of halogens is 6. The highest BCUT2D eigenvalue weighted by atomic mass is 35.5. The third-order valence-electron chi connectivity index (χ3n) is 5.31. The van der Waals surface area contributed by atoms with Gasteiger partial charge in [-0.05, 0) is 48.5 Å². The number of rotatable bonds is 4. The molecule has 1 atom stereocenters. The average molecular weight is 524 g/mol. The van der Waals surface area contributed by atoms with Crippen molar-refractivity contribution in [1.29, 1.82) is 0 Å². The number of hydrogen-bond acceptors (Lipinski definition) is 3. The second kappa shape index (κ2) is 9.23. The molecule has 0 saturated heterocycles. The summed E-state index contributed by atoms with van der Waals surface area (Å²) < 4.78 is 67.2. The van der Waals surface area contributed by atoms with E-state index in [2.05, 4.69) is 16.0 Å². The third-order valence-corrected chi connectivity index (χ3v) is 5.66. The number of nitrogens with one attached hydrogen (secondary N) is 3. The van der Waals surface area contributed by atoms with Gasteiger partial charge in [0.15, 0.2) is 0 Å². The Bertz CT molecular complexity index is 1420. The van der Waals surface area contributed by atoms with Gasteiger partial charge in [0.2, 0.25) is 5.91 Å². The molecule has 3 aromatic rings. The summed E-state index contributed by atoms with van der Waals surface area (Å²) in [6.07, 6.45) is -4.90. The maximum absolute atomic E-state index is 14.0. The first-order chi connectivity index (χ1) is 16.8. The molecule has 0 saturated carbocycles. The Hall–Kier alpha value is -3.99. The second-order valence-corrected chi connectivity index (χ2v) is 8.33. The van der Waals surface area contributed by atoms with Crippen LogP contribution in [-0.2, 0) is 11.0 Å². The van der Waals surface area contributed by atoms with Crippen LogP contribution in [0.15, 0.2) is 48.5 Å². The summed E-state index contributed by atoms with van der Waals surface area (Å²) in [7, 11) is 0. The van der Waals surface area contributed by atoms with Crippen LogP contribution in [0.4, 0.5) is 33.3 Å². The lowest BCUT2D eigenvalue weighted by Crippen LogP contribution is -2.21. The van der Waals surface area contributed by atoms with Crippen molar-refractivity contribution in [3.63, 3.8) is 0 Å². The van der Waals surface area contributed by atoms with Crippen LogP contribution in [0, 0.1) is 11.6 Å². The SMILES string of the molecule is CC(=O)Nc1cc(NC(=O)c2cc(F)cc(C(F)(F)F)c2)c2c(c1)C(=O)N[C@H]2c1cc(F)ccc1Cl. The van der Waals surface area contributed by atoms with Gasteiger partial charge < -0.3 is 16.0 Å². The highest BCUT2D eigenvalue weighted by molar-refractivity contribution is 6.31. The van der Waals surface area contributed by atoms with Gasteiger partial charge in [-0.2, -0.15) is 13.2 Å². The number of carbonyl (C=O) groups is 3. The summed E-state index contributed by atoms with van der Waals surface area (Å²) in [5, 5.41) is 7.54. The highest BCUT2D eigenvalue weighted by Crippen LogP contribution is 2.41. The summed E-state index contributed by atoms with van der Waals surface area (Å²) in [4.78, 5) is 37.2. The van der Waals surface area contributed by atoms with E-state index in [-0.39, 0.29) is 39.2 Å². The van der Waals surface area contributed by atoms with Crippen molar-refractivity contribution < 1.29 is 36.3 Å². The van der Waals surface area contributed by atoms with E-state index in [0.717, 1.165) is 12.1 Å². The summed E-state index contributed by atoms with van der Waals surface area (Å²) in [5.41, 5.74) is -1.74. The Morgan fingerprint density at radius 2 is 1.69 bits per heavy atom. The molecule has 0 bridgehead atoms. The summed E-state index contributed by atoms with van der Waals surface area (Å²) in [6, 6.07) is 6.33. The number of alkyl halides is 3. The zero-order chi connectivity index (χ0) is 26.4. The quantitative estimate of drug-likeness (QED) is 0.385. The molecule has 36 heavy (non-hydrogen) atoms. The molecule has 1 heterocycles. The molecule has 6 nitrogen and oxygen atoms in total. The zero-order valence-corrected chi connectivity index (χ0v) is 18.9. The number of anilines is 2. The van der Waals surface area contributed by atoms with Crippen molar-refractivity contribution in [2.24, 2.45) is 0 Å². The van der Waals surface area contributed by atoms with E-state index in [4.69, 9.17) is 11.6 Å². The minimum absolute atomic E-state index is 0.00268. The number of fused-ring (bicyclic) bond motifs is 1. The molecule has 186 valence electrons. The molecule has 0 unspecified atom stereocenters. The average Bonchev–Trinajstić information content (AvgIpc) is 3.10. The molecule has 0 radical (unpaired) electrons. The van der Waals surface area contributed by atoms with Crippen LogP contribution in [0.2, 0.25) is 5.02 Å². The Labute approximate surface area is 205 Å². The molecule has 1 aliphatic rings. The van der Waals surface area contributed by atoms with E-state index >= 15 is 0 Å². The monoisotopic (exact) mass is 523 g/mol. The lowest BCUT2D eigenvalue weighted by atomic mass is 9.95. The molecule has 3 N–H and O–H groups in total. The first-order valence-corrected chi connectivity index (χ1v) is 10.6. The maximum atomic E-state index is 14.0. The molecular weight excluding hydrogens is 509 g/mol. The first-order valence-electron chi connectivity index (χ1n) is 10.2. The van der Waals surface area contributed by atoms with E-state index in [1.54, 1.807) is 0 Å². The van der Waals surface area contributed by atoms with Crippen molar-refractivity contribution in [3.05, 3.63) is 93.0 Å². The van der Waals surface area contributed by atoms with Gasteiger partial charge in [0.1, 0.15) is 11.6 Å². The first kappa shape index (κ1) is 25.1. The van der Waals surface area contributed by atoms with Crippen molar-refractivity contribution in [1.82, 2.24) is 5.32 Å². The van der Waals surface area contributed by atoms with Crippen LogP contribution in [0.1, 0.15) is 50.4 Å². The molecule has 0 aromatic heterocycles. The van der Waals surface area contributed by atoms with E-state index < -0.39 is 52.7 Å². The topological polar surface area (TPSA) is 87.3 Å². The third kappa shape index (κ3) is 5.01.